The van der Waals surface area contributed by atoms with Crippen molar-refractivity contribution in [1.29, 1.82) is 0 Å². The Morgan fingerprint density at radius 1 is 0.781 bits per heavy atom. The summed E-state index contributed by atoms with van der Waals surface area (Å²) in [6, 6.07) is 19.6. The summed E-state index contributed by atoms with van der Waals surface area (Å²) in [5, 5.41) is 8.17. The molecule has 32 heavy (non-hydrogen) atoms. The topological polar surface area (TPSA) is 116 Å². The maximum atomic E-state index is 12.8. The summed E-state index contributed by atoms with van der Waals surface area (Å²) >= 11 is 0. The highest BCUT2D eigenvalue weighted by Crippen LogP contribution is 2.20. The highest BCUT2D eigenvalue weighted by Gasteiger charge is 2.17. The molecule has 8 nitrogen and oxygen atoms in total. The second-order valence-corrected chi connectivity index (χ2v) is 8.73. The smallest absolute Gasteiger partial charge is 0.322 e. The van der Waals surface area contributed by atoms with Crippen LogP contribution in [-0.4, -0.2) is 26.9 Å². The maximum absolute atomic E-state index is 12.8. The number of carbonyl (C=O) groups excluding carboxylic acids is 2. The molecule has 0 spiro atoms. The molecular formula is C23H24N4O4S. The molecule has 0 aliphatic heterocycles. The van der Waals surface area contributed by atoms with Crippen LogP contribution in [0.5, 0.6) is 0 Å². The van der Waals surface area contributed by atoms with Gasteiger partial charge in [0.2, 0.25) is 10.0 Å². The Bertz CT molecular complexity index is 1230. The third kappa shape index (κ3) is 5.93. The fourth-order valence-electron chi connectivity index (χ4n) is 2.97. The molecule has 0 radical (unpaired) electrons. The Hall–Kier alpha value is -3.69. The first-order chi connectivity index (χ1) is 15.3. The number of para-hydroxylation sites is 1. The Balaban J connectivity index is 1.73. The van der Waals surface area contributed by atoms with Gasteiger partial charge in [-0.05, 0) is 55.0 Å². The molecule has 0 aromatic heterocycles. The van der Waals surface area contributed by atoms with Gasteiger partial charge in [-0.3, -0.25) is 4.79 Å². The van der Waals surface area contributed by atoms with Crippen molar-refractivity contribution in [3.8, 4) is 0 Å². The summed E-state index contributed by atoms with van der Waals surface area (Å²) < 4.78 is 26.9. The van der Waals surface area contributed by atoms with Gasteiger partial charge in [0.1, 0.15) is 0 Å². The SMILES string of the molecule is CCNS(=O)(=O)c1ccc(C)c(C(=O)Nc2cccc(NC(=O)Nc3ccccc3)c2)c1. The van der Waals surface area contributed by atoms with Crippen molar-refractivity contribution >= 4 is 39.0 Å². The lowest BCUT2D eigenvalue weighted by Gasteiger charge is -2.12. The van der Waals surface area contributed by atoms with Gasteiger partial charge in [0.15, 0.2) is 0 Å². The Labute approximate surface area is 187 Å². The van der Waals surface area contributed by atoms with E-state index in [0.717, 1.165) is 0 Å². The number of hydrogen-bond donors (Lipinski definition) is 4. The van der Waals surface area contributed by atoms with Gasteiger partial charge >= 0.3 is 6.03 Å². The molecule has 0 heterocycles. The van der Waals surface area contributed by atoms with Crippen LogP contribution in [0.1, 0.15) is 22.8 Å². The van der Waals surface area contributed by atoms with Crippen molar-refractivity contribution in [2.24, 2.45) is 0 Å². The standard InChI is InChI=1S/C23H24N4O4S/c1-3-24-32(30,31)20-13-12-16(2)21(15-20)22(28)25-18-10-7-11-19(14-18)27-23(29)26-17-8-5-4-6-9-17/h4-15,24H,3H2,1-2H3,(H,25,28)(H2,26,27,29). The molecule has 0 fully saturated rings. The van der Waals surface area contributed by atoms with E-state index >= 15 is 0 Å². The third-order valence-corrected chi connectivity index (χ3v) is 6.05. The highest BCUT2D eigenvalue weighted by atomic mass is 32.2. The number of carbonyl (C=O) groups is 2. The van der Waals surface area contributed by atoms with E-state index < -0.39 is 22.0 Å². The van der Waals surface area contributed by atoms with Gasteiger partial charge in [0.05, 0.1) is 4.90 Å². The molecular weight excluding hydrogens is 428 g/mol. The van der Waals surface area contributed by atoms with Gasteiger partial charge in [0, 0.05) is 29.2 Å². The van der Waals surface area contributed by atoms with Gasteiger partial charge in [-0.1, -0.05) is 37.3 Å². The van der Waals surface area contributed by atoms with E-state index in [1.54, 1.807) is 56.3 Å². The van der Waals surface area contributed by atoms with Crippen LogP contribution in [0.15, 0.2) is 77.7 Å². The van der Waals surface area contributed by atoms with Gasteiger partial charge in [0.25, 0.3) is 5.91 Å². The maximum Gasteiger partial charge on any atom is 0.323 e. The molecule has 4 N–H and O–H groups in total. The first-order valence-electron chi connectivity index (χ1n) is 9.93. The van der Waals surface area contributed by atoms with Crippen molar-refractivity contribution in [3.05, 3.63) is 83.9 Å². The molecule has 0 bridgehead atoms. The molecule has 166 valence electrons. The zero-order valence-electron chi connectivity index (χ0n) is 17.7. The summed E-state index contributed by atoms with van der Waals surface area (Å²) in [5.41, 5.74) is 2.46. The van der Waals surface area contributed by atoms with Crippen molar-refractivity contribution in [1.82, 2.24) is 4.72 Å². The molecule has 3 rings (SSSR count). The van der Waals surface area contributed by atoms with Gasteiger partial charge in [-0.15, -0.1) is 0 Å². The van der Waals surface area contributed by atoms with Crippen LogP contribution in [0, 0.1) is 6.92 Å². The number of rotatable bonds is 7. The quantitative estimate of drug-likeness (QED) is 0.430. The van der Waals surface area contributed by atoms with Crippen molar-refractivity contribution in [2.75, 3.05) is 22.5 Å². The lowest BCUT2D eigenvalue weighted by molar-refractivity contribution is 0.102. The lowest BCUT2D eigenvalue weighted by Crippen LogP contribution is -2.24. The van der Waals surface area contributed by atoms with E-state index in [-0.39, 0.29) is 17.0 Å². The Morgan fingerprint density at radius 3 is 2.09 bits per heavy atom. The zero-order chi connectivity index (χ0) is 23.1. The molecule has 0 unspecified atom stereocenters. The number of sulfonamides is 1. The summed E-state index contributed by atoms with van der Waals surface area (Å²) in [5.74, 6) is -0.457. The number of anilines is 3. The normalized spacial score (nSPS) is 10.9. The average Bonchev–Trinajstić information content (AvgIpc) is 2.74. The number of amides is 3. The number of hydrogen-bond acceptors (Lipinski definition) is 4. The van der Waals surface area contributed by atoms with Crippen molar-refractivity contribution in [3.63, 3.8) is 0 Å². The van der Waals surface area contributed by atoms with E-state index in [1.807, 2.05) is 18.2 Å². The highest BCUT2D eigenvalue weighted by molar-refractivity contribution is 7.89. The van der Waals surface area contributed by atoms with Gasteiger partial charge < -0.3 is 16.0 Å². The summed E-state index contributed by atoms with van der Waals surface area (Å²) in [6.07, 6.45) is 0. The van der Waals surface area contributed by atoms with Crippen LogP contribution in [0.2, 0.25) is 0 Å². The van der Waals surface area contributed by atoms with E-state index in [9.17, 15) is 18.0 Å². The number of nitrogens with one attached hydrogen (secondary N) is 4. The van der Waals surface area contributed by atoms with E-state index in [4.69, 9.17) is 0 Å². The number of benzene rings is 3. The molecule has 9 heteroatoms. The first-order valence-corrected chi connectivity index (χ1v) is 11.4. The Morgan fingerprint density at radius 2 is 1.41 bits per heavy atom. The summed E-state index contributed by atoms with van der Waals surface area (Å²) in [7, 11) is -3.69. The molecule has 3 aromatic carbocycles. The predicted octanol–water partition coefficient (Wildman–Crippen LogP) is 4.19. The average molecular weight is 453 g/mol. The van der Waals surface area contributed by atoms with Gasteiger partial charge in [-0.25, -0.2) is 17.9 Å². The van der Waals surface area contributed by atoms with Crippen LogP contribution < -0.4 is 20.7 Å². The largest absolute Gasteiger partial charge is 0.323 e. The fraction of sp³-hybridized carbons (Fsp3) is 0.130. The van der Waals surface area contributed by atoms with Crippen LogP contribution in [0.25, 0.3) is 0 Å². The van der Waals surface area contributed by atoms with Crippen LogP contribution >= 0.6 is 0 Å². The monoisotopic (exact) mass is 452 g/mol. The minimum Gasteiger partial charge on any atom is -0.322 e. The number of urea groups is 1. The van der Waals surface area contributed by atoms with Gasteiger partial charge in [-0.2, -0.15) is 0 Å². The molecule has 0 atom stereocenters. The second kappa shape index (κ2) is 10.1. The Kier molecular flexibility index (Phi) is 7.24. The molecule has 3 aromatic rings. The van der Waals surface area contributed by atoms with Crippen molar-refractivity contribution in [2.45, 2.75) is 18.7 Å². The minimum absolute atomic E-state index is 0.0168. The van der Waals surface area contributed by atoms with E-state index in [2.05, 4.69) is 20.7 Å². The molecule has 3 amide bonds. The third-order valence-electron chi connectivity index (χ3n) is 4.51. The van der Waals surface area contributed by atoms with Crippen LogP contribution in [0.4, 0.5) is 21.9 Å². The number of aryl methyl sites for hydroxylation is 1. The minimum atomic E-state index is -3.69. The van der Waals surface area contributed by atoms with E-state index in [1.165, 1.54) is 12.1 Å². The summed E-state index contributed by atoms with van der Waals surface area (Å²) in [6.45, 7) is 3.65. The van der Waals surface area contributed by atoms with E-state index in [0.29, 0.717) is 22.6 Å². The predicted molar refractivity (Wildman–Crippen MR) is 126 cm³/mol. The fourth-order valence-corrected chi connectivity index (χ4v) is 4.04. The second-order valence-electron chi connectivity index (χ2n) is 6.96. The first kappa shape index (κ1) is 23.0. The van der Waals surface area contributed by atoms with Crippen LogP contribution in [0.3, 0.4) is 0 Å². The molecule has 0 saturated carbocycles. The molecule has 0 saturated heterocycles. The van der Waals surface area contributed by atoms with Crippen LogP contribution in [-0.2, 0) is 10.0 Å². The zero-order valence-corrected chi connectivity index (χ0v) is 18.5. The lowest BCUT2D eigenvalue weighted by atomic mass is 10.1. The van der Waals surface area contributed by atoms with Crippen molar-refractivity contribution < 1.29 is 18.0 Å². The summed E-state index contributed by atoms with van der Waals surface area (Å²) in [4.78, 5) is 25.0. The molecule has 0 aliphatic rings. The molecule has 0 aliphatic carbocycles.